The van der Waals surface area contributed by atoms with Gasteiger partial charge in [0, 0.05) is 11.0 Å². The number of amides is 1. The average Bonchev–Trinajstić information content (AvgIpc) is 2.97. The lowest BCUT2D eigenvalue weighted by Crippen LogP contribution is -2.39. The van der Waals surface area contributed by atoms with E-state index >= 15 is 0 Å². The first-order valence-electron chi connectivity index (χ1n) is 12.3. The minimum absolute atomic E-state index is 0.0258. The van der Waals surface area contributed by atoms with Gasteiger partial charge in [-0.1, -0.05) is 76.6 Å². The predicted octanol–water partition coefficient (Wildman–Crippen LogP) is 5.38. The van der Waals surface area contributed by atoms with Crippen LogP contribution in [0.4, 0.5) is 0 Å². The van der Waals surface area contributed by atoms with Gasteiger partial charge in [0.25, 0.3) is 5.91 Å². The highest BCUT2D eigenvalue weighted by Gasteiger charge is 2.27. The van der Waals surface area contributed by atoms with Crippen LogP contribution in [0.25, 0.3) is 0 Å². The third kappa shape index (κ3) is 8.01. The van der Waals surface area contributed by atoms with Gasteiger partial charge < -0.3 is 9.47 Å². The predicted molar refractivity (Wildman–Crippen MR) is 158 cm³/mol. The minimum Gasteiger partial charge on any atom is -0.493 e. The van der Waals surface area contributed by atoms with Crippen LogP contribution in [0.15, 0.2) is 118 Å². The minimum atomic E-state index is -3.96. The van der Waals surface area contributed by atoms with Crippen LogP contribution in [0.2, 0.25) is 0 Å². The summed E-state index contributed by atoms with van der Waals surface area (Å²) in [5.41, 5.74) is 4.86. The van der Waals surface area contributed by atoms with Crippen LogP contribution in [0.1, 0.15) is 16.7 Å². The zero-order valence-corrected chi connectivity index (χ0v) is 24.1. The normalized spacial score (nSPS) is 11.5. The summed E-state index contributed by atoms with van der Waals surface area (Å²) in [7, 11) is -2.42. The van der Waals surface area contributed by atoms with Crippen LogP contribution in [0.5, 0.6) is 11.5 Å². The van der Waals surface area contributed by atoms with Crippen LogP contribution < -0.4 is 14.9 Å². The molecule has 0 fully saturated rings. The monoisotopic (exact) mass is 621 g/mol. The summed E-state index contributed by atoms with van der Waals surface area (Å²) in [4.78, 5) is 12.9. The van der Waals surface area contributed by atoms with Crippen molar-refractivity contribution in [2.75, 3.05) is 13.7 Å². The van der Waals surface area contributed by atoms with E-state index in [1.165, 1.54) is 18.3 Å². The summed E-state index contributed by atoms with van der Waals surface area (Å²) in [6, 6.07) is 30.4. The Morgan fingerprint density at radius 1 is 0.900 bits per heavy atom. The number of halogens is 1. The maximum Gasteiger partial charge on any atom is 0.255 e. The Morgan fingerprint density at radius 3 is 2.20 bits per heavy atom. The van der Waals surface area contributed by atoms with Crippen molar-refractivity contribution in [2.45, 2.75) is 18.0 Å². The quantitative estimate of drug-likeness (QED) is 0.169. The van der Waals surface area contributed by atoms with E-state index in [1.807, 2.05) is 48.5 Å². The Kier molecular flexibility index (Phi) is 10.1. The molecule has 0 saturated heterocycles. The Hall–Kier alpha value is -3.99. The molecular formula is C30H28BrN3O5S. The molecule has 4 rings (SSSR count). The smallest absolute Gasteiger partial charge is 0.255 e. The molecular weight excluding hydrogens is 594 g/mol. The zero-order chi connectivity index (χ0) is 28.4. The molecule has 40 heavy (non-hydrogen) atoms. The average molecular weight is 623 g/mol. The number of sulfonamides is 1. The van der Waals surface area contributed by atoms with Crippen molar-refractivity contribution < 1.29 is 22.7 Å². The molecule has 4 aromatic carbocycles. The summed E-state index contributed by atoms with van der Waals surface area (Å²) in [6.07, 6.45) is 1.45. The van der Waals surface area contributed by atoms with Gasteiger partial charge in [0.15, 0.2) is 11.5 Å². The van der Waals surface area contributed by atoms with E-state index in [1.54, 1.807) is 49.6 Å². The lowest BCUT2D eigenvalue weighted by molar-refractivity contribution is -0.121. The standard InChI is InChI=1S/C30H28BrN3O5S/c1-38-29-18-25(12-17-28(29)39-22-24-10-6-3-7-11-24)19-32-33-30(35)21-34(20-23-8-4-2-5-9-23)40(36,37)27-15-13-26(31)14-16-27/h2-19H,20-22H2,1H3,(H,33,35)/b32-19-. The first kappa shape index (κ1) is 29.0. The van der Waals surface area contributed by atoms with E-state index in [0.29, 0.717) is 23.7 Å². The lowest BCUT2D eigenvalue weighted by Gasteiger charge is -2.21. The van der Waals surface area contributed by atoms with Gasteiger partial charge in [-0.15, -0.1) is 0 Å². The van der Waals surface area contributed by atoms with Crippen molar-refractivity contribution in [3.05, 3.63) is 124 Å². The summed E-state index contributed by atoms with van der Waals surface area (Å²) in [6.45, 7) is 0.00156. The van der Waals surface area contributed by atoms with E-state index < -0.39 is 22.5 Å². The molecule has 0 aliphatic heterocycles. The summed E-state index contributed by atoms with van der Waals surface area (Å²) >= 11 is 3.32. The highest BCUT2D eigenvalue weighted by Crippen LogP contribution is 2.28. The van der Waals surface area contributed by atoms with Gasteiger partial charge in [-0.25, -0.2) is 13.8 Å². The summed E-state index contributed by atoms with van der Waals surface area (Å²) in [5.74, 6) is 0.505. The zero-order valence-electron chi connectivity index (χ0n) is 21.7. The second-order valence-corrected chi connectivity index (χ2v) is 11.5. The molecule has 0 unspecified atom stereocenters. The molecule has 8 nitrogen and oxygen atoms in total. The van der Waals surface area contributed by atoms with Crippen molar-refractivity contribution in [3.8, 4) is 11.5 Å². The van der Waals surface area contributed by atoms with E-state index in [-0.39, 0.29) is 11.4 Å². The highest BCUT2D eigenvalue weighted by molar-refractivity contribution is 9.10. The number of ether oxygens (including phenoxy) is 2. The third-order valence-electron chi connectivity index (χ3n) is 5.80. The maximum absolute atomic E-state index is 13.4. The number of hydrazone groups is 1. The van der Waals surface area contributed by atoms with Gasteiger partial charge in [0.1, 0.15) is 6.61 Å². The maximum atomic E-state index is 13.4. The molecule has 1 N–H and O–H groups in total. The number of nitrogens with one attached hydrogen (secondary N) is 1. The van der Waals surface area contributed by atoms with Gasteiger partial charge in [-0.05, 0) is 59.2 Å². The van der Waals surface area contributed by atoms with Crippen molar-refractivity contribution in [2.24, 2.45) is 5.10 Å². The van der Waals surface area contributed by atoms with E-state index in [9.17, 15) is 13.2 Å². The number of benzene rings is 4. The van der Waals surface area contributed by atoms with Crippen LogP contribution in [-0.2, 0) is 28.0 Å². The molecule has 10 heteroatoms. The van der Waals surface area contributed by atoms with Crippen molar-refractivity contribution in [3.63, 3.8) is 0 Å². The van der Waals surface area contributed by atoms with Crippen molar-refractivity contribution in [1.82, 2.24) is 9.73 Å². The number of rotatable bonds is 12. The van der Waals surface area contributed by atoms with Crippen LogP contribution in [0, 0.1) is 0 Å². The van der Waals surface area contributed by atoms with E-state index in [0.717, 1.165) is 19.9 Å². The van der Waals surface area contributed by atoms with Crippen LogP contribution >= 0.6 is 15.9 Å². The van der Waals surface area contributed by atoms with E-state index in [4.69, 9.17) is 9.47 Å². The molecule has 0 spiro atoms. The number of carbonyl (C=O) groups is 1. The molecule has 0 bridgehead atoms. The molecule has 0 aliphatic rings. The van der Waals surface area contributed by atoms with Gasteiger partial charge in [-0.2, -0.15) is 9.41 Å². The SMILES string of the molecule is COc1cc(/C=N\NC(=O)CN(Cc2ccccc2)S(=O)(=O)c2ccc(Br)cc2)ccc1OCc1ccccc1. The molecule has 0 aromatic heterocycles. The number of methoxy groups -OCH3 is 1. The molecule has 206 valence electrons. The first-order valence-corrected chi connectivity index (χ1v) is 14.5. The molecule has 0 aliphatic carbocycles. The fraction of sp³-hybridized carbons (Fsp3) is 0.133. The molecule has 1 amide bonds. The molecule has 4 aromatic rings. The van der Waals surface area contributed by atoms with E-state index in [2.05, 4.69) is 26.5 Å². The van der Waals surface area contributed by atoms with Gasteiger partial charge in [-0.3, -0.25) is 4.79 Å². The summed E-state index contributed by atoms with van der Waals surface area (Å²) < 4.78 is 40.0. The number of hydrogen-bond donors (Lipinski definition) is 1. The fourth-order valence-electron chi connectivity index (χ4n) is 3.76. The first-order chi connectivity index (χ1) is 19.3. The van der Waals surface area contributed by atoms with Gasteiger partial charge >= 0.3 is 0 Å². The highest BCUT2D eigenvalue weighted by atomic mass is 79.9. The second kappa shape index (κ2) is 13.9. The molecule has 0 heterocycles. The number of nitrogens with zero attached hydrogens (tertiary/aromatic N) is 2. The number of carbonyl (C=O) groups excluding carboxylic acids is 1. The lowest BCUT2D eigenvalue weighted by atomic mass is 10.2. The van der Waals surface area contributed by atoms with Gasteiger partial charge in [0.05, 0.1) is 24.8 Å². The van der Waals surface area contributed by atoms with Gasteiger partial charge in [0.2, 0.25) is 10.0 Å². The topological polar surface area (TPSA) is 97.3 Å². The second-order valence-electron chi connectivity index (χ2n) is 8.69. The molecule has 0 radical (unpaired) electrons. The Morgan fingerprint density at radius 2 is 1.55 bits per heavy atom. The third-order valence-corrected chi connectivity index (χ3v) is 8.14. The number of hydrogen-bond acceptors (Lipinski definition) is 6. The Labute approximate surface area is 242 Å². The fourth-order valence-corrected chi connectivity index (χ4v) is 5.41. The van der Waals surface area contributed by atoms with Crippen LogP contribution in [-0.4, -0.2) is 38.5 Å². The largest absolute Gasteiger partial charge is 0.493 e. The molecule has 0 saturated carbocycles. The van der Waals surface area contributed by atoms with Crippen molar-refractivity contribution >= 4 is 38.1 Å². The summed E-state index contributed by atoms with van der Waals surface area (Å²) in [5, 5.41) is 4.02. The Balaban J connectivity index is 1.42. The van der Waals surface area contributed by atoms with Crippen LogP contribution in [0.3, 0.4) is 0 Å². The Bertz CT molecular complexity index is 1550. The molecule has 0 atom stereocenters. The van der Waals surface area contributed by atoms with Crippen molar-refractivity contribution in [1.29, 1.82) is 0 Å².